The first-order valence-electron chi connectivity index (χ1n) is 8.34. The van der Waals surface area contributed by atoms with E-state index in [2.05, 4.69) is 6.08 Å². The van der Waals surface area contributed by atoms with E-state index >= 15 is 0 Å². The average Bonchev–Trinajstić information content (AvgIpc) is 3.25. The molecular formula is C19H21ClO5. The molecule has 1 heterocycles. The van der Waals surface area contributed by atoms with Gasteiger partial charge in [0.05, 0.1) is 17.2 Å². The number of fused-ring (bicyclic) bond motifs is 2. The zero-order valence-corrected chi connectivity index (χ0v) is 14.6. The Hall–Kier alpha value is -1.98. The number of ether oxygens (including phenoxy) is 1. The van der Waals surface area contributed by atoms with Crippen LogP contribution in [0, 0.1) is 11.8 Å². The Labute approximate surface area is 151 Å². The molecule has 134 valence electrons. The maximum Gasteiger partial charge on any atom is 0.342 e. The molecule has 1 aliphatic carbocycles. The van der Waals surface area contributed by atoms with Crippen molar-refractivity contribution in [3.05, 3.63) is 46.5 Å². The number of carbonyl (C=O) groups is 1. The first-order valence-corrected chi connectivity index (χ1v) is 8.72. The van der Waals surface area contributed by atoms with E-state index in [9.17, 15) is 20.1 Å². The molecule has 1 fully saturated rings. The number of phenols is 2. The van der Waals surface area contributed by atoms with Crippen molar-refractivity contribution < 1.29 is 24.9 Å². The average molecular weight is 365 g/mol. The minimum absolute atomic E-state index is 0.0317. The number of hydrogen-bond donors (Lipinski definition) is 3. The Kier molecular flexibility index (Phi) is 5.06. The number of halogens is 1. The van der Waals surface area contributed by atoms with Crippen molar-refractivity contribution in [2.45, 2.75) is 38.4 Å². The summed E-state index contributed by atoms with van der Waals surface area (Å²) in [6.45, 7) is 1.82. The normalized spacial score (nSPS) is 29.3. The van der Waals surface area contributed by atoms with Gasteiger partial charge in [-0.3, -0.25) is 0 Å². The molecule has 0 amide bonds. The third-order valence-electron chi connectivity index (χ3n) is 4.66. The van der Waals surface area contributed by atoms with E-state index < -0.39 is 17.8 Å². The van der Waals surface area contributed by atoms with Gasteiger partial charge in [0.1, 0.15) is 17.1 Å². The third kappa shape index (κ3) is 3.99. The van der Waals surface area contributed by atoms with Crippen LogP contribution in [0.25, 0.3) is 0 Å². The van der Waals surface area contributed by atoms with Gasteiger partial charge in [0.2, 0.25) is 0 Å². The second-order valence-electron chi connectivity index (χ2n) is 6.73. The van der Waals surface area contributed by atoms with Gasteiger partial charge in [-0.2, -0.15) is 0 Å². The predicted molar refractivity (Wildman–Crippen MR) is 93.9 cm³/mol. The summed E-state index contributed by atoms with van der Waals surface area (Å²) < 4.78 is 5.47. The molecule has 6 heteroatoms. The van der Waals surface area contributed by atoms with Crippen LogP contribution in [0.4, 0.5) is 0 Å². The van der Waals surface area contributed by atoms with Crippen molar-refractivity contribution in [2.24, 2.45) is 11.8 Å². The SMILES string of the molecule is C[C@@H]1C[C@H]2C[C@@H]2C=CC=C[C@H](O)Cc2c(Cl)c(O)cc(O)c2C(=O)O1. The highest BCUT2D eigenvalue weighted by Crippen LogP contribution is 2.44. The van der Waals surface area contributed by atoms with Gasteiger partial charge >= 0.3 is 5.97 Å². The lowest BCUT2D eigenvalue weighted by Gasteiger charge is -2.18. The molecule has 2 aliphatic rings. The summed E-state index contributed by atoms with van der Waals surface area (Å²) in [5.41, 5.74) is 0.0564. The fourth-order valence-electron chi connectivity index (χ4n) is 3.27. The number of carbonyl (C=O) groups excluding carboxylic acids is 1. The Balaban J connectivity index is 2.00. The highest BCUT2D eigenvalue weighted by molar-refractivity contribution is 6.33. The molecule has 3 N–H and O–H groups in total. The number of phenolic OH excluding ortho intramolecular Hbond substituents is 2. The molecule has 1 aliphatic heterocycles. The number of esters is 1. The summed E-state index contributed by atoms with van der Waals surface area (Å²) in [6.07, 6.45) is 7.86. The van der Waals surface area contributed by atoms with Crippen LogP contribution in [-0.4, -0.2) is 33.5 Å². The summed E-state index contributed by atoms with van der Waals surface area (Å²) >= 11 is 6.11. The van der Waals surface area contributed by atoms with Gasteiger partial charge in [-0.05, 0) is 37.2 Å². The Bertz CT molecular complexity index is 740. The topological polar surface area (TPSA) is 87.0 Å². The van der Waals surface area contributed by atoms with Gasteiger partial charge in [-0.1, -0.05) is 35.9 Å². The Morgan fingerprint density at radius 1 is 1.16 bits per heavy atom. The summed E-state index contributed by atoms with van der Waals surface area (Å²) in [5.74, 6) is -0.531. The van der Waals surface area contributed by atoms with Crippen LogP contribution in [0.1, 0.15) is 35.7 Å². The standard InChI is InChI=1S/C19H21ClO5/c1-10-6-12-7-11(12)4-2-3-5-13(21)8-14-17(19(24)25-10)15(22)9-16(23)18(14)20/h2-5,9-13,21-23H,6-8H2,1H3/t10-,11+,12+,13+/m1/s1. The molecule has 0 radical (unpaired) electrons. The maximum atomic E-state index is 12.6. The van der Waals surface area contributed by atoms with E-state index in [1.165, 1.54) is 0 Å². The number of cyclic esters (lactones) is 1. The molecule has 1 saturated carbocycles. The van der Waals surface area contributed by atoms with Crippen LogP contribution < -0.4 is 0 Å². The lowest BCUT2D eigenvalue weighted by Crippen LogP contribution is -2.19. The van der Waals surface area contributed by atoms with E-state index in [0.717, 1.165) is 18.9 Å². The van der Waals surface area contributed by atoms with E-state index in [0.29, 0.717) is 11.8 Å². The zero-order chi connectivity index (χ0) is 18.1. The number of allylic oxidation sites excluding steroid dienone is 3. The summed E-state index contributed by atoms with van der Waals surface area (Å²) in [7, 11) is 0. The maximum absolute atomic E-state index is 12.6. The third-order valence-corrected chi connectivity index (χ3v) is 5.08. The van der Waals surface area contributed by atoms with Crippen molar-refractivity contribution in [3.8, 4) is 11.5 Å². The molecule has 0 spiro atoms. The van der Waals surface area contributed by atoms with Gasteiger partial charge in [0.15, 0.2) is 0 Å². The summed E-state index contributed by atoms with van der Waals surface area (Å²) in [4.78, 5) is 12.6. The largest absolute Gasteiger partial charge is 0.507 e. The van der Waals surface area contributed by atoms with Crippen LogP contribution in [-0.2, 0) is 11.2 Å². The minimum atomic E-state index is -0.926. The van der Waals surface area contributed by atoms with Crippen molar-refractivity contribution >= 4 is 17.6 Å². The van der Waals surface area contributed by atoms with Crippen LogP contribution in [0.2, 0.25) is 5.02 Å². The van der Waals surface area contributed by atoms with Gasteiger partial charge in [-0.15, -0.1) is 0 Å². The molecule has 0 aromatic heterocycles. The lowest BCUT2D eigenvalue weighted by molar-refractivity contribution is 0.0306. The molecule has 0 saturated heterocycles. The quantitative estimate of drug-likeness (QED) is 0.614. The molecule has 1 aromatic carbocycles. The number of benzene rings is 1. The second kappa shape index (κ2) is 7.10. The van der Waals surface area contributed by atoms with E-state index in [1.54, 1.807) is 12.2 Å². The fraction of sp³-hybridized carbons (Fsp3) is 0.421. The van der Waals surface area contributed by atoms with Gasteiger partial charge in [-0.25, -0.2) is 4.79 Å². The molecule has 0 unspecified atom stereocenters. The van der Waals surface area contributed by atoms with Crippen LogP contribution in [0.5, 0.6) is 11.5 Å². The monoisotopic (exact) mass is 364 g/mol. The molecule has 4 atom stereocenters. The smallest absolute Gasteiger partial charge is 0.342 e. The predicted octanol–water partition coefficient (Wildman–Crippen LogP) is 3.35. The number of hydrogen-bond acceptors (Lipinski definition) is 5. The molecule has 0 bridgehead atoms. The lowest BCUT2D eigenvalue weighted by atomic mass is 9.99. The zero-order valence-electron chi connectivity index (χ0n) is 13.9. The highest BCUT2D eigenvalue weighted by Gasteiger charge is 2.36. The van der Waals surface area contributed by atoms with Gasteiger partial charge in [0.25, 0.3) is 0 Å². The van der Waals surface area contributed by atoms with Crippen LogP contribution in [0.3, 0.4) is 0 Å². The minimum Gasteiger partial charge on any atom is -0.507 e. The highest BCUT2D eigenvalue weighted by atomic mass is 35.5. The van der Waals surface area contributed by atoms with Gasteiger partial charge in [0, 0.05) is 12.5 Å². The molecule has 3 rings (SSSR count). The number of rotatable bonds is 0. The van der Waals surface area contributed by atoms with E-state index in [-0.39, 0.29) is 34.4 Å². The summed E-state index contributed by atoms with van der Waals surface area (Å²) in [5, 5.41) is 30.1. The summed E-state index contributed by atoms with van der Waals surface area (Å²) in [6, 6.07) is 1.01. The molecular weight excluding hydrogens is 344 g/mol. The van der Waals surface area contributed by atoms with Crippen LogP contribution in [0.15, 0.2) is 30.4 Å². The van der Waals surface area contributed by atoms with Gasteiger partial charge < -0.3 is 20.1 Å². The molecule has 5 nitrogen and oxygen atoms in total. The number of aliphatic hydroxyl groups is 1. The van der Waals surface area contributed by atoms with Crippen molar-refractivity contribution in [1.82, 2.24) is 0 Å². The Morgan fingerprint density at radius 2 is 1.88 bits per heavy atom. The van der Waals surface area contributed by atoms with E-state index in [4.69, 9.17) is 16.3 Å². The molecule has 1 aromatic rings. The first-order chi connectivity index (χ1) is 11.9. The van der Waals surface area contributed by atoms with Crippen molar-refractivity contribution in [1.29, 1.82) is 0 Å². The number of aliphatic hydroxyl groups excluding tert-OH is 1. The van der Waals surface area contributed by atoms with Crippen LogP contribution >= 0.6 is 11.6 Å². The Morgan fingerprint density at radius 3 is 2.64 bits per heavy atom. The fourth-order valence-corrected chi connectivity index (χ4v) is 3.50. The van der Waals surface area contributed by atoms with Crippen molar-refractivity contribution in [2.75, 3.05) is 0 Å². The second-order valence-corrected chi connectivity index (χ2v) is 7.11. The number of aromatic hydroxyl groups is 2. The van der Waals surface area contributed by atoms with E-state index in [1.807, 2.05) is 13.0 Å². The van der Waals surface area contributed by atoms with Crippen molar-refractivity contribution in [3.63, 3.8) is 0 Å². The molecule has 25 heavy (non-hydrogen) atoms. The first kappa shape index (κ1) is 17.8.